The van der Waals surface area contributed by atoms with E-state index in [-0.39, 0.29) is 26.5 Å². The molecule has 0 aromatic carbocycles. The Morgan fingerprint density at radius 2 is 1.04 bits per heavy atom. The van der Waals surface area contributed by atoms with Crippen molar-refractivity contribution in [2.75, 3.05) is 13.1 Å². The molecule has 0 spiro atoms. The van der Waals surface area contributed by atoms with E-state index in [1.54, 1.807) is 0 Å². The van der Waals surface area contributed by atoms with Crippen LogP contribution in [0.2, 0.25) is 0 Å². The molecule has 10 unspecified atom stereocenters. The first-order chi connectivity index (χ1) is 21.2. The van der Waals surface area contributed by atoms with Crippen molar-refractivity contribution in [3.05, 3.63) is 46.9 Å². The summed E-state index contributed by atoms with van der Waals surface area (Å²) in [6, 6.07) is 0.319. The van der Waals surface area contributed by atoms with Gasteiger partial charge in [0.15, 0.2) is 37.0 Å². The van der Waals surface area contributed by atoms with E-state index in [0.29, 0.717) is 11.5 Å². The molecular formula is C34H42F10N2Pt. The Bertz CT molecular complexity index is 1060. The molecule has 0 aromatic heterocycles. The maximum absolute atomic E-state index is 12.7. The summed E-state index contributed by atoms with van der Waals surface area (Å²) >= 11 is 0. The second-order valence-corrected chi connectivity index (χ2v) is 14.1. The van der Waals surface area contributed by atoms with Crippen molar-refractivity contribution in [1.29, 1.82) is 0 Å². The Hall–Kier alpha value is -1.65. The Labute approximate surface area is 287 Å². The standard InChI is InChI=1S/C18H30N2.2C8H6F5.Pt/c1-17(2,3)13-7-9-19-15(11-13)16-12-14(8-10-20-16)18(4,5)6;2*1-2-3-4(9)6(11)8(13)7(12)5(3)10;/h7,11,14,16H,8-10,12H2,1-6H3;2*3-8H;/q-2;2*-1;+4. The van der Waals surface area contributed by atoms with E-state index in [1.165, 1.54) is 29.5 Å². The molecule has 3 fully saturated rings. The third-order valence-corrected chi connectivity index (χ3v) is 8.79. The van der Waals surface area contributed by atoms with Gasteiger partial charge in [0, 0.05) is 11.8 Å². The van der Waals surface area contributed by atoms with Crippen molar-refractivity contribution in [2.24, 2.45) is 28.6 Å². The smallest absolute Gasteiger partial charge is 0.693 e. The van der Waals surface area contributed by atoms with Crippen LogP contribution in [0.4, 0.5) is 43.9 Å². The van der Waals surface area contributed by atoms with Gasteiger partial charge in [-0.05, 0) is 22.3 Å². The summed E-state index contributed by atoms with van der Waals surface area (Å²) in [5.74, 6) is -0.463. The van der Waals surface area contributed by atoms with Gasteiger partial charge in [0.05, 0.1) is 0 Å². The van der Waals surface area contributed by atoms with Crippen LogP contribution in [0, 0.1) is 53.3 Å². The molecule has 0 radical (unpaired) electrons. The van der Waals surface area contributed by atoms with Crippen LogP contribution >= 0.6 is 0 Å². The third-order valence-electron chi connectivity index (χ3n) is 8.79. The van der Waals surface area contributed by atoms with Crippen molar-refractivity contribution in [2.45, 2.75) is 122 Å². The summed E-state index contributed by atoms with van der Waals surface area (Å²) in [6.07, 6.45) is -6.81. The number of halogens is 10. The predicted molar refractivity (Wildman–Crippen MR) is 158 cm³/mol. The minimum absolute atomic E-state index is 0. The zero-order chi connectivity index (χ0) is 35.3. The van der Waals surface area contributed by atoms with E-state index in [4.69, 9.17) is 23.5 Å². The fraction of sp³-hybridized carbons (Fsp3) is 0.765. The molecule has 2 nitrogen and oxygen atoms in total. The molecule has 4 rings (SSSR count). The van der Waals surface area contributed by atoms with Gasteiger partial charge in [-0.1, -0.05) is 66.5 Å². The van der Waals surface area contributed by atoms with Crippen LogP contribution in [0.3, 0.4) is 0 Å². The van der Waals surface area contributed by atoms with Crippen LogP contribution < -0.4 is 0 Å². The van der Waals surface area contributed by atoms with Gasteiger partial charge in [0.2, 0.25) is 0 Å². The van der Waals surface area contributed by atoms with Crippen LogP contribution in [0.25, 0.3) is 10.6 Å². The van der Waals surface area contributed by atoms with Crippen molar-refractivity contribution in [1.82, 2.24) is 0 Å². The molecule has 47 heavy (non-hydrogen) atoms. The van der Waals surface area contributed by atoms with E-state index in [9.17, 15) is 43.9 Å². The molecule has 1 saturated heterocycles. The monoisotopic (exact) mass is 863 g/mol. The first kappa shape index (κ1) is 43.4. The Morgan fingerprint density at radius 3 is 1.38 bits per heavy atom. The third kappa shape index (κ3) is 10.7. The van der Waals surface area contributed by atoms with Gasteiger partial charge in [-0.3, -0.25) is 0 Å². The molecule has 4 aliphatic rings. The number of hydrogen-bond donors (Lipinski definition) is 0. The van der Waals surface area contributed by atoms with E-state index < -0.39 is 73.6 Å². The average Bonchev–Trinajstić information content (AvgIpc) is 3.01. The fourth-order valence-corrected chi connectivity index (χ4v) is 5.60. The normalized spacial score (nSPS) is 40.6. The van der Waals surface area contributed by atoms with Crippen molar-refractivity contribution < 1.29 is 65.0 Å². The zero-order valence-electron chi connectivity index (χ0n) is 27.1. The van der Waals surface area contributed by atoms with Gasteiger partial charge in [0.25, 0.3) is 0 Å². The maximum atomic E-state index is 12.7. The van der Waals surface area contributed by atoms with Crippen LogP contribution in [0.5, 0.6) is 0 Å². The minimum atomic E-state index is -2.80. The van der Waals surface area contributed by atoms with Crippen molar-refractivity contribution in [3.63, 3.8) is 0 Å². The van der Waals surface area contributed by atoms with Gasteiger partial charge >= 0.3 is 21.1 Å². The molecule has 10 atom stereocenters. The second-order valence-electron chi connectivity index (χ2n) is 14.1. The van der Waals surface area contributed by atoms with Crippen LogP contribution in [0.15, 0.2) is 23.4 Å². The Kier molecular flexibility index (Phi) is 16.5. The first-order valence-electron chi connectivity index (χ1n) is 15.2. The molecule has 2 aliphatic carbocycles. The van der Waals surface area contributed by atoms with E-state index in [1.807, 2.05) is 0 Å². The molecule has 0 N–H and O–H groups in total. The van der Waals surface area contributed by atoms with Crippen LogP contribution in [-0.2, 0) is 21.1 Å². The fourth-order valence-electron chi connectivity index (χ4n) is 5.60. The molecule has 0 aromatic rings. The van der Waals surface area contributed by atoms with Gasteiger partial charge in [0.1, 0.15) is 24.7 Å². The number of alkyl halides is 10. The number of piperidine rings is 1. The van der Waals surface area contributed by atoms with Crippen molar-refractivity contribution in [3.8, 4) is 11.8 Å². The molecule has 13 heteroatoms. The molecule has 2 heterocycles. The van der Waals surface area contributed by atoms with E-state index in [2.05, 4.69) is 53.7 Å². The molecule has 2 saturated carbocycles. The maximum Gasteiger partial charge on any atom is 4.00 e. The zero-order valence-corrected chi connectivity index (χ0v) is 29.3. The summed E-state index contributed by atoms with van der Waals surface area (Å²) in [6.45, 7) is 15.7. The molecule has 2 aliphatic heterocycles. The number of allylic oxidation sites excluding steroid dienone is 2. The van der Waals surface area contributed by atoms with Gasteiger partial charge in [-0.2, -0.15) is 5.70 Å². The van der Waals surface area contributed by atoms with Crippen molar-refractivity contribution >= 4 is 0 Å². The topological polar surface area (TPSA) is 28.2 Å². The SMILES string of the molecule is CC(C)(C)C1=CC[N-]C(C2CC(C(C)(C)C)CC[N-]2)=C1.[C-]#CC1C(F)C(F)C(F)C(F)C1F.[C-]#CC1C(F)C(F)C(F)C(F)C1F.[Pt+4]. The number of nitrogens with zero attached hydrogens (tertiary/aromatic N) is 2. The molecule has 0 bridgehead atoms. The molecule has 268 valence electrons. The predicted octanol–water partition coefficient (Wildman–Crippen LogP) is 9.22. The Morgan fingerprint density at radius 1 is 0.660 bits per heavy atom. The second kappa shape index (κ2) is 17.8. The van der Waals surface area contributed by atoms with Gasteiger partial charge in [-0.15, -0.1) is 19.1 Å². The Balaban J connectivity index is 0.000000362. The van der Waals surface area contributed by atoms with Crippen LogP contribution in [0.1, 0.15) is 54.4 Å². The number of hydrogen-bond acceptors (Lipinski definition) is 0. The average molecular weight is 864 g/mol. The summed E-state index contributed by atoms with van der Waals surface area (Å²) in [5.41, 5.74) is 3.22. The molecular weight excluding hydrogens is 821 g/mol. The summed E-state index contributed by atoms with van der Waals surface area (Å²) in [7, 11) is 0. The number of rotatable bonds is 1. The quantitative estimate of drug-likeness (QED) is 0.143. The van der Waals surface area contributed by atoms with Gasteiger partial charge in [-0.25, -0.2) is 43.9 Å². The largest absolute Gasteiger partial charge is 4.00 e. The van der Waals surface area contributed by atoms with E-state index >= 15 is 0 Å². The first-order valence-corrected chi connectivity index (χ1v) is 15.2. The summed E-state index contributed by atoms with van der Waals surface area (Å²) in [4.78, 5) is 0. The van der Waals surface area contributed by atoms with E-state index in [0.717, 1.165) is 25.4 Å². The van der Waals surface area contributed by atoms with Crippen LogP contribution in [-0.4, -0.2) is 80.8 Å². The minimum Gasteiger partial charge on any atom is -0.693 e. The molecule has 0 amide bonds. The van der Waals surface area contributed by atoms with Gasteiger partial charge < -0.3 is 35.3 Å². The summed E-state index contributed by atoms with van der Waals surface area (Å²) in [5, 5.41) is 9.57. The summed E-state index contributed by atoms with van der Waals surface area (Å²) < 4.78 is 126.